The van der Waals surface area contributed by atoms with Crippen molar-refractivity contribution in [1.82, 2.24) is 14.8 Å². The molecule has 208 valence electrons. The molecule has 0 amide bonds. The van der Waals surface area contributed by atoms with Crippen molar-refractivity contribution in [2.24, 2.45) is 11.8 Å². The van der Waals surface area contributed by atoms with Crippen molar-refractivity contribution in [3.63, 3.8) is 0 Å². The lowest BCUT2D eigenvalue weighted by molar-refractivity contribution is 0.311. The van der Waals surface area contributed by atoms with Gasteiger partial charge in [-0.15, -0.1) is 0 Å². The van der Waals surface area contributed by atoms with Crippen molar-refractivity contribution in [3.05, 3.63) is 77.6 Å². The zero-order valence-corrected chi connectivity index (χ0v) is 24.9. The Morgan fingerprint density at radius 2 is 2.00 bits per heavy atom. The van der Waals surface area contributed by atoms with E-state index in [4.69, 9.17) is 4.74 Å². The Bertz CT molecular complexity index is 1130. The molecule has 1 fully saturated rings. The van der Waals surface area contributed by atoms with Crippen LogP contribution in [0.3, 0.4) is 0 Å². The van der Waals surface area contributed by atoms with E-state index < -0.39 is 0 Å². The molecule has 1 saturated heterocycles. The van der Waals surface area contributed by atoms with E-state index >= 15 is 0 Å². The molecule has 0 aliphatic carbocycles. The number of likely N-dealkylation sites (tertiary alicyclic amines) is 1. The Hall–Kier alpha value is -2.72. The van der Waals surface area contributed by atoms with Crippen LogP contribution in [0.2, 0.25) is 0 Å². The quantitative estimate of drug-likeness (QED) is 0.342. The Labute approximate surface area is 232 Å². The standard InChI is InChI=1S/C18H27NO.C14H18N2.C2H6/c1-5-19(12-14(2)3)13-16-10-15(4)17-8-6-7-9-20-18(17)11-16;1-11-6-8-16(9-11)10-13-4-2-3-12-5-7-15-14(12)13;1-2/h5,10-11,14H,1,6-9,12-13H2,2-4H3;2-5,7,11,15H,6,8-10H2,1H3;1-2H3/t;11-;/m.1./s1. The SMILES string of the molecule is C=CN(Cc1cc(C)c2c(c1)OCCCC2)CC(C)C.CC.C[C@@H]1CCN(Cc2cccc3cc[nH]c23)C1. The van der Waals surface area contributed by atoms with E-state index in [0.29, 0.717) is 5.92 Å². The van der Waals surface area contributed by atoms with Crippen molar-refractivity contribution in [3.8, 4) is 5.75 Å². The van der Waals surface area contributed by atoms with Crippen LogP contribution in [0.4, 0.5) is 0 Å². The average molecular weight is 518 g/mol. The number of benzene rings is 2. The van der Waals surface area contributed by atoms with E-state index in [1.54, 1.807) is 0 Å². The summed E-state index contributed by atoms with van der Waals surface area (Å²) in [6.45, 7) is 23.3. The number of rotatable bonds is 7. The highest BCUT2D eigenvalue weighted by Crippen LogP contribution is 2.29. The molecule has 3 heterocycles. The van der Waals surface area contributed by atoms with Gasteiger partial charge >= 0.3 is 0 Å². The number of fused-ring (bicyclic) bond motifs is 2. The van der Waals surface area contributed by atoms with Crippen LogP contribution in [-0.4, -0.2) is 41.0 Å². The van der Waals surface area contributed by atoms with Crippen LogP contribution in [0.1, 0.15) is 76.1 Å². The van der Waals surface area contributed by atoms with Crippen molar-refractivity contribution in [2.45, 2.75) is 80.3 Å². The second-order valence-electron chi connectivity index (χ2n) is 11.2. The lowest BCUT2D eigenvalue weighted by Gasteiger charge is -2.23. The third-order valence-corrected chi connectivity index (χ3v) is 7.39. The molecule has 5 rings (SSSR count). The van der Waals surface area contributed by atoms with Gasteiger partial charge in [0.1, 0.15) is 5.75 Å². The minimum Gasteiger partial charge on any atom is -0.493 e. The number of hydrogen-bond donors (Lipinski definition) is 1. The number of ether oxygens (including phenoxy) is 1. The van der Waals surface area contributed by atoms with Crippen LogP contribution >= 0.6 is 0 Å². The Balaban J connectivity index is 0.000000201. The first-order valence-electron chi connectivity index (χ1n) is 14.8. The predicted octanol–water partition coefficient (Wildman–Crippen LogP) is 8.35. The molecular weight excluding hydrogens is 466 g/mol. The van der Waals surface area contributed by atoms with Gasteiger partial charge < -0.3 is 14.6 Å². The normalized spacial score (nSPS) is 17.0. The number of aromatic amines is 1. The maximum absolute atomic E-state index is 5.92. The summed E-state index contributed by atoms with van der Waals surface area (Å²) in [4.78, 5) is 8.18. The number of nitrogens with zero attached hydrogens (tertiary/aromatic N) is 2. The number of aromatic nitrogens is 1. The molecule has 0 bridgehead atoms. The highest BCUT2D eigenvalue weighted by molar-refractivity contribution is 5.82. The van der Waals surface area contributed by atoms with Crippen LogP contribution in [0, 0.1) is 18.8 Å². The van der Waals surface area contributed by atoms with Crippen LogP contribution in [-0.2, 0) is 19.5 Å². The highest BCUT2D eigenvalue weighted by atomic mass is 16.5. The zero-order chi connectivity index (χ0) is 27.5. The monoisotopic (exact) mass is 517 g/mol. The van der Waals surface area contributed by atoms with E-state index in [9.17, 15) is 0 Å². The van der Waals surface area contributed by atoms with Gasteiger partial charge in [0.2, 0.25) is 0 Å². The van der Waals surface area contributed by atoms with Crippen LogP contribution in [0.5, 0.6) is 5.75 Å². The Morgan fingerprint density at radius 1 is 1.18 bits per heavy atom. The first-order chi connectivity index (χ1) is 18.4. The second-order valence-corrected chi connectivity index (χ2v) is 11.2. The summed E-state index contributed by atoms with van der Waals surface area (Å²) in [5.41, 5.74) is 6.83. The predicted molar refractivity (Wildman–Crippen MR) is 164 cm³/mol. The van der Waals surface area contributed by atoms with Gasteiger partial charge in [-0.3, -0.25) is 4.90 Å². The fourth-order valence-corrected chi connectivity index (χ4v) is 5.58. The van der Waals surface area contributed by atoms with E-state index in [2.05, 4.69) is 85.5 Å². The molecule has 38 heavy (non-hydrogen) atoms. The summed E-state index contributed by atoms with van der Waals surface area (Å²) in [6, 6.07) is 13.2. The summed E-state index contributed by atoms with van der Waals surface area (Å²) in [5, 5.41) is 1.32. The van der Waals surface area contributed by atoms with Crippen molar-refractivity contribution >= 4 is 10.9 Å². The maximum Gasteiger partial charge on any atom is 0.123 e. The molecule has 0 saturated carbocycles. The van der Waals surface area contributed by atoms with Crippen LogP contribution in [0.25, 0.3) is 10.9 Å². The first kappa shape index (κ1) is 29.8. The molecular formula is C34H51N3O. The molecule has 0 spiro atoms. The molecule has 4 heteroatoms. The van der Waals surface area contributed by atoms with Gasteiger partial charge in [-0.05, 0) is 97.0 Å². The third kappa shape index (κ3) is 8.39. The summed E-state index contributed by atoms with van der Waals surface area (Å²) in [7, 11) is 0. The average Bonchev–Trinajstić information content (AvgIpc) is 3.48. The van der Waals surface area contributed by atoms with E-state index in [1.165, 1.54) is 59.1 Å². The van der Waals surface area contributed by atoms with Gasteiger partial charge in [0.25, 0.3) is 0 Å². The topological polar surface area (TPSA) is 31.5 Å². The van der Waals surface area contributed by atoms with Crippen molar-refractivity contribution < 1.29 is 4.74 Å². The minimum absolute atomic E-state index is 0.645. The number of para-hydroxylation sites is 1. The summed E-state index contributed by atoms with van der Waals surface area (Å²) >= 11 is 0. The number of aryl methyl sites for hydroxylation is 1. The molecule has 0 radical (unpaired) electrons. The lowest BCUT2D eigenvalue weighted by Crippen LogP contribution is -2.21. The number of H-pyrrole nitrogens is 1. The Morgan fingerprint density at radius 3 is 2.71 bits per heavy atom. The molecule has 2 aliphatic rings. The van der Waals surface area contributed by atoms with Gasteiger partial charge in [0.05, 0.1) is 6.61 Å². The third-order valence-electron chi connectivity index (χ3n) is 7.39. The molecule has 1 atom stereocenters. The molecule has 3 aromatic rings. The van der Waals surface area contributed by atoms with Gasteiger partial charge in [-0.25, -0.2) is 0 Å². The lowest BCUT2D eigenvalue weighted by atomic mass is 9.99. The molecule has 2 aliphatic heterocycles. The second kappa shape index (κ2) is 15.0. The number of hydrogen-bond acceptors (Lipinski definition) is 3. The molecule has 1 N–H and O–H groups in total. The van der Waals surface area contributed by atoms with Gasteiger partial charge in [0.15, 0.2) is 0 Å². The van der Waals surface area contributed by atoms with E-state index in [0.717, 1.165) is 50.8 Å². The largest absolute Gasteiger partial charge is 0.493 e. The van der Waals surface area contributed by atoms with Crippen molar-refractivity contribution in [1.29, 1.82) is 0 Å². The van der Waals surface area contributed by atoms with Gasteiger partial charge in [-0.2, -0.15) is 0 Å². The van der Waals surface area contributed by atoms with Crippen LogP contribution in [0.15, 0.2) is 55.4 Å². The summed E-state index contributed by atoms with van der Waals surface area (Å²) in [5.74, 6) is 2.61. The highest BCUT2D eigenvalue weighted by Gasteiger charge is 2.19. The fourth-order valence-electron chi connectivity index (χ4n) is 5.58. The molecule has 0 unspecified atom stereocenters. The van der Waals surface area contributed by atoms with E-state index in [1.807, 2.05) is 26.2 Å². The summed E-state index contributed by atoms with van der Waals surface area (Å²) in [6.07, 6.45) is 8.87. The van der Waals surface area contributed by atoms with Gasteiger partial charge in [0, 0.05) is 37.9 Å². The summed E-state index contributed by atoms with van der Waals surface area (Å²) < 4.78 is 5.92. The fraction of sp³-hybridized carbons (Fsp3) is 0.529. The molecule has 4 nitrogen and oxygen atoms in total. The zero-order valence-electron chi connectivity index (χ0n) is 24.9. The van der Waals surface area contributed by atoms with Crippen molar-refractivity contribution in [2.75, 3.05) is 26.2 Å². The van der Waals surface area contributed by atoms with E-state index in [-0.39, 0.29) is 0 Å². The minimum atomic E-state index is 0.645. The van der Waals surface area contributed by atoms with Crippen LogP contribution < -0.4 is 4.74 Å². The molecule has 1 aromatic heterocycles. The number of nitrogens with one attached hydrogen (secondary N) is 1. The first-order valence-corrected chi connectivity index (χ1v) is 14.8. The maximum atomic E-state index is 5.92. The molecule has 2 aromatic carbocycles. The smallest absolute Gasteiger partial charge is 0.123 e. The Kier molecular flexibility index (Phi) is 11.8. The van der Waals surface area contributed by atoms with Gasteiger partial charge in [-0.1, -0.05) is 65.5 Å².